The number of fused-ring (bicyclic) bond motifs is 6. The zero-order chi connectivity index (χ0) is 59.2. The Labute approximate surface area is 506 Å². The van der Waals surface area contributed by atoms with Crippen LogP contribution in [0.15, 0.2) is 267 Å². The minimum absolute atomic E-state index is 0.495. The summed E-state index contributed by atoms with van der Waals surface area (Å²) in [6.07, 6.45) is 3.78. The Morgan fingerprint density at radius 2 is 0.682 bits per heavy atom. The second-order valence-corrected chi connectivity index (χ2v) is 21.5. The molecule has 0 radical (unpaired) electrons. The van der Waals surface area contributed by atoms with Gasteiger partial charge in [-0.05, 0) is 142 Å². The summed E-state index contributed by atoms with van der Waals surface area (Å²) in [6.45, 7) is 15.7. The Kier molecular flexibility index (Phi) is 12.8. The van der Waals surface area contributed by atoms with Gasteiger partial charge in [0.25, 0.3) is 0 Å². The van der Waals surface area contributed by atoms with Crippen molar-refractivity contribution in [3.8, 4) is 113 Å². The van der Waals surface area contributed by atoms with Gasteiger partial charge in [0.1, 0.15) is 0 Å². The molecule has 0 bridgehead atoms. The molecule has 0 fully saturated rings. The monoisotopic (exact) mass is 1120 g/mol. The smallest absolute Gasteiger partial charge is 0.187 e. The van der Waals surface area contributed by atoms with Crippen molar-refractivity contribution in [2.75, 3.05) is 0 Å². The highest BCUT2D eigenvalue weighted by Crippen LogP contribution is 2.45. The molecule has 0 spiro atoms. The minimum atomic E-state index is 0.495. The lowest BCUT2D eigenvalue weighted by Crippen LogP contribution is -2.04. The molecule has 0 aliphatic carbocycles. The number of benzene rings is 11. The van der Waals surface area contributed by atoms with Gasteiger partial charge in [0.2, 0.25) is 0 Å². The van der Waals surface area contributed by atoms with Gasteiger partial charge < -0.3 is 9.13 Å². The van der Waals surface area contributed by atoms with Crippen molar-refractivity contribution >= 4 is 55.0 Å². The molecule has 0 atom stereocenters. The van der Waals surface area contributed by atoms with E-state index in [0.29, 0.717) is 40.0 Å². The predicted octanol–water partition coefficient (Wildman–Crippen LogP) is 19.6. The normalized spacial score (nSPS) is 11.1. The first kappa shape index (κ1) is 52.0. The van der Waals surface area contributed by atoms with E-state index in [4.69, 9.17) is 33.1 Å². The molecule has 0 N–H and O–H groups in total. The third-order valence-electron chi connectivity index (χ3n) is 16.3. The highest BCUT2D eigenvalue weighted by molar-refractivity contribution is 6.14. The first-order chi connectivity index (χ1) is 43.4. The highest BCUT2D eigenvalue weighted by Gasteiger charge is 2.24. The Morgan fingerprint density at radius 1 is 0.318 bits per heavy atom. The summed E-state index contributed by atoms with van der Waals surface area (Å²) in [7, 11) is 0. The third-order valence-corrected chi connectivity index (χ3v) is 16.3. The maximum absolute atomic E-state index is 9.95. The molecule has 10 nitrogen and oxygen atoms in total. The molecule has 15 aromatic rings. The fourth-order valence-corrected chi connectivity index (χ4v) is 12.1. The number of nitriles is 2. The van der Waals surface area contributed by atoms with Crippen LogP contribution < -0.4 is 0 Å². The van der Waals surface area contributed by atoms with Gasteiger partial charge in [-0.15, -0.1) is 0 Å². The van der Waals surface area contributed by atoms with E-state index in [9.17, 15) is 10.5 Å². The van der Waals surface area contributed by atoms with Crippen LogP contribution in [0.3, 0.4) is 0 Å². The molecule has 0 aliphatic heterocycles. The molecule has 4 heterocycles. The average Bonchev–Trinajstić information content (AvgIpc) is 1.62. The highest BCUT2D eigenvalue weighted by atomic mass is 15.0. The van der Waals surface area contributed by atoms with E-state index < -0.39 is 0 Å². The van der Waals surface area contributed by atoms with Crippen LogP contribution in [0.25, 0.3) is 154 Å². The molecular formula is C78H44N10. The van der Waals surface area contributed by atoms with Crippen molar-refractivity contribution in [1.82, 2.24) is 29.1 Å². The molecule has 0 amide bonds. The SMILES string of the molecule is [C-]#[N+]c1cccc(-c2ccc3c(c2)c2cc(-c4cccc([N+]#[C-])c4)ccc2n3-c2cc(-c3nc(-c4ccccc4)nc(-c4ccccc4)n3)ccc2-c2ccncc2-n2c3ccc(-c4cccc(C#N)c4)cc3c3cc(-c4cccc(C#N)c4)ccc32)c1. The van der Waals surface area contributed by atoms with Crippen LogP contribution in [-0.4, -0.2) is 29.1 Å². The quantitative estimate of drug-likeness (QED) is 0.126. The molecular weight excluding hydrogens is 1080 g/mol. The summed E-state index contributed by atoms with van der Waals surface area (Å²) in [5.74, 6) is 1.58. The van der Waals surface area contributed by atoms with Crippen LogP contribution in [0, 0.1) is 35.8 Å². The third kappa shape index (κ3) is 9.22. The van der Waals surface area contributed by atoms with Crippen molar-refractivity contribution in [3.05, 3.63) is 301 Å². The number of hydrogen-bond donors (Lipinski definition) is 0. The first-order valence-electron chi connectivity index (χ1n) is 28.5. The lowest BCUT2D eigenvalue weighted by atomic mass is 9.99. The number of nitrogens with zero attached hydrogens (tertiary/aromatic N) is 10. The second-order valence-electron chi connectivity index (χ2n) is 21.5. The molecule has 15 rings (SSSR count). The standard InChI is InChI=1S/C78H44N10/c1-81-62-23-11-21-55(39-62)59-28-31-70-66(43-59)67-44-60(56-22-12-24-63(40-56)82-2)29-32-71(67)87(70)74-45-61(78-85-76(51-15-5-3-6-16-51)84-77(86-78)52-17-7-4-8-18-52)25-30-64(74)65-35-36-83-48-75(65)88-72-33-26-57(53-19-9-13-49(37-53)46-79)41-68(72)69-42-58(27-34-73(69)88)54-20-10-14-50(38-54)47-80/h3-45,48H. The molecule has 11 aromatic carbocycles. The average molecular weight is 1120 g/mol. The molecule has 0 saturated carbocycles. The van der Waals surface area contributed by atoms with Crippen LogP contribution in [0.2, 0.25) is 0 Å². The van der Waals surface area contributed by atoms with Crippen LogP contribution in [0.5, 0.6) is 0 Å². The van der Waals surface area contributed by atoms with Crippen molar-refractivity contribution in [3.63, 3.8) is 0 Å². The number of hydrogen-bond acceptors (Lipinski definition) is 6. The maximum Gasteiger partial charge on any atom is 0.187 e. The van der Waals surface area contributed by atoms with Gasteiger partial charge >= 0.3 is 0 Å². The number of rotatable bonds is 10. The minimum Gasteiger partial charge on any atom is -0.309 e. The van der Waals surface area contributed by atoms with Crippen LogP contribution >= 0.6 is 0 Å². The van der Waals surface area contributed by atoms with Crippen LogP contribution in [0.4, 0.5) is 11.4 Å². The number of aromatic nitrogens is 6. The van der Waals surface area contributed by atoms with E-state index >= 15 is 0 Å². The fraction of sp³-hybridized carbons (Fsp3) is 0. The van der Waals surface area contributed by atoms with Crippen molar-refractivity contribution in [1.29, 1.82) is 10.5 Å². The Hall–Kier alpha value is -12.9. The molecule has 0 unspecified atom stereocenters. The van der Waals surface area contributed by atoms with Gasteiger partial charge in [-0.3, -0.25) is 4.98 Å². The van der Waals surface area contributed by atoms with E-state index in [2.05, 4.69) is 128 Å². The molecule has 10 heteroatoms. The summed E-state index contributed by atoms with van der Waals surface area (Å²) < 4.78 is 4.62. The zero-order valence-corrected chi connectivity index (χ0v) is 46.9. The van der Waals surface area contributed by atoms with E-state index in [1.165, 1.54) is 0 Å². The van der Waals surface area contributed by atoms with Crippen LogP contribution in [-0.2, 0) is 0 Å². The molecule has 88 heavy (non-hydrogen) atoms. The van der Waals surface area contributed by atoms with Gasteiger partial charge in [-0.1, -0.05) is 158 Å². The topological polar surface area (TPSA) is 118 Å². The Bertz CT molecular complexity index is 5230. The lowest BCUT2D eigenvalue weighted by Gasteiger charge is -2.19. The van der Waals surface area contributed by atoms with Gasteiger partial charge in [-0.25, -0.2) is 24.6 Å². The molecule has 0 saturated heterocycles. The largest absolute Gasteiger partial charge is 0.309 e. The van der Waals surface area contributed by atoms with E-state index in [-0.39, 0.29) is 0 Å². The Balaban J connectivity index is 1.02. The molecule has 0 aliphatic rings. The van der Waals surface area contributed by atoms with Crippen molar-refractivity contribution in [2.45, 2.75) is 0 Å². The van der Waals surface area contributed by atoms with Gasteiger partial charge in [0.05, 0.1) is 76.0 Å². The first-order valence-corrected chi connectivity index (χ1v) is 28.5. The van der Waals surface area contributed by atoms with Crippen molar-refractivity contribution in [2.24, 2.45) is 0 Å². The molecule has 4 aromatic heterocycles. The zero-order valence-electron chi connectivity index (χ0n) is 46.9. The lowest BCUT2D eigenvalue weighted by molar-refractivity contribution is 1.07. The number of pyridine rings is 1. The van der Waals surface area contributed by atoms with E-state index in [0.717, 1.165) is 127 Å². The summed E-state index contributed by atoms with van der Waals surface area (Å²) >= 11 is 0. The van der Waals surface area contributed by atoms with Gasteiger partial charge in [0, 0.05) is 55.6 Å². The van der Waals surface area contributed by atoms with E-state index in [1.54, 1.807) is 0 Å². The van der Waals surface area contributed by atoms with E-state index in [1.807, 2.05) is 170 Å². The summed E-state index contributed by atoms with van der Waals surface area (Å²) in [5, 5.41) is 23.9. The summed E-state index contributed by atoms with van der Waals surface area (Å²) in [6, 6.07) is 89.9. The summed E-state index contributed by atoms with van der Waals surface area (Å²) in [5.41, 5.74) is 19.5. The fourth-order valence-electron chi connectivity index (χ4n) is 12.1. The van der Waals surface area contributed by atoms with Gasteiger partial charge in [-0.2, -0.15) is 10.5 Å². The van der Waals surface area contributed by atoms with Crippen molar-refractivity contribution < 1.29 is 0 Å². The molecule has 406 valence electrons. The van der Waals surface area contributed by atoms with Gasteiger partial charge in [0.15, 0.2) is 28.8 Å². The maximum atomic E-state index is 9.95. The van der Waals surface area contributed by atoms with Crippen LogP contribution in [0.1, 0.15) is 11.1 Å². The predicted molar refractivity (Wildman–Crippen MR) is 352 cm³/mol. The Morgan fingerprint density at radius 3 is 1.11 bits per heavy atom. The second kappa shape index (κ2) is 21.7. The summed E-state index contributed by atoms with van der Waals surface area (Å²) in [4.78, 5) is 28.0.